The van der Waals surface area contributed by atoms with Gasteiger partial charge in [-0.3, -0.25) is 9.78 Å². The number of rotatable bonds is 10. The number of nitrogens with one attached hydrogen (secondary N) is 1. The summed E-state index contributed by atoms with van der Waals surface area (Å²) in [5.74, 6) is 2.48. The number of amides is 1. The second-order valence-electron chi connectivity index (χ2n) is 9.20. The van der Waals surface area contributed by atoms with E-state index in [1.165, 1.54) is 18.4 Å². The van der Waals surface area contributed by atoms with Gasteiger partial charge in [0.1, 0.15) is 0 Å². The summed E-state index contributed by atoms with van der Waals surface area (Å²) in [5.41, 5.74) is 2.31. The molecule has 2 heterocycles. The highest BCUT2D eigenvalue weighted by atomic mass is 32.2. The zero-order valence-corrected chi connectivity index (χ0v) is 20.3. The number of aromatic nitrogens is 4. The number of hydrogen-bond donors (Lipinski definition) is 1. The molecule has 0 aliphatic heterocycles. The van der Waals surface area contributed by atoms with Gasteiger partial charge < -0.3 is 9.88 Å². The molecule has 33 heavy (non-hydrogen) atoms. The van der Waals surface area contributed by atoms with Gasteiger partial charge in [0.25, 0.3) is 0 Å². The van der Waals surface area contributed by atoms with E-state index in [9.17, 15) is 4.79 Å². The normalized spacial score (nSPS) is 15.1. The van der Waals surface area contributed by atoms with Crippen LogP contribution in [0.1, 0.15) is 62.4 Å². The molecule has 7 heteroatoms. The van der Waals surface area contributed by atoms with Crippen LogP contribution in [-0.2, 0) is 23.6 Å². The molecule has 1 atom stereocenters. The lowest BCUT2D eigenvalue weighted by Crippen LogP contribution is -2.33. The van der Waals surface area contributed by atoms with Gasteiger partial charge in [0.05, 0.1) is 12.5 Å². The average molecular weight is 464 g/mol. The lowest BCUT2D eigenvalue weighted by Gasteiger charge is -2.23. The van der Waals surface area contributed by atoms with E-state index in [2.05, 4.69) is 51.0 Å². The Hall–Kier alpha value is -2.67. The molecule has 174 valence electrons. The summed E-state index contributed by atoms with van der Waals surface area (Å²) in [5, 5.41) is 13.0. The summed E-state index contributed by atoms with van der Waals surface area (Å²) >= 11 is 1.67. The Bertz CT molecular complexity index is 1020. The zero-order valence-electron chi connectivity index (χ0n) is 19.5. The Morgan fingerprint density at radius 2 is 1.82 bits per heavy atom. The largest absolute Gasteiger partial charge is 0.348 e. The van der Waals surface area contributed by atoms with Crippen molar-refractivity contribution in [3.63, 3.8) is 0 Å². The first kappa shape index (κ1) is 23.5. The lowest BCUT2D eigenvalue weighted by atomic mass is 9.84. The number of benzene rings is 1. The highest BCUT2D eigenvalue weighted by molar-refractivity contribution is 7.98. The Balaban J connectivity index is 1.46. The number of carbonyl (C=O) groups is 1. The van der Waals surface area contributed by atoms with Gasteiger partial charge in [-0.1, -0.05) is 68.8 Å². The molecule has 1 aromatic carbocycles. The highest BCUT2D eigenvalue weighted by Crippen LogP contribution is 2.37. The standard InChI is InChI=1S/C26H33N5OS/c1-19(2)17-31-23(29-30-26(31)33-18-20-12-14-27-15-13-20)16-28-25(32)24(22-10-6-7-11-22)21-8-4-3-5-9-21/h3-5,8-9,12-15,19,22,24H,6-7,10-11,16-18H2,1-2H3,(H,28,32). The molecule has 1 saturated carbocycles. The van der Waals surface area contributed by atoms with Crippen molar-refractivity contribution in [2.75, 3.05) is 0 Å². The van der Waals surface area contributed by atoms with Crippen molar-refractivity contribution >= 4 is 17.7 Å². The van der Waals surface area contributed by atoms with Gasteiger partial charge in [-0.25, -0.2) is 0 Å². The van der Waals surface area contributed by atoms with Gasteiger partial charge in [-0.15, -0.1) is 10.2 Å². The van der Waals surface area contributed by atoms with Crippen LogP contribution in [0.15, 0.2) is 60.0 Å². The molecule has 1 aliphatic rings. The van der Waals surface area contributed by atoms with E-state index >= 15 is 0 Å². The number of carbonyl (C=O) groups excluding carboxylic acids is 1. The predicted octanol–water partition coefficient (Wildman–Crippen LogP) is 5.21. The maximum atomic E-state index is 13.4. The third kappa shape index (κ3) is 6.22. The van der Waals surface area contributed by atoms with Crippen LogP contribution in [0.3, 0.4) is 0 Å². The zero-order chi connectivity index (χ0) is 23.0. The van der Waals surface area contributed by atoms with Crippen molar-refractivity contribution in [1.82, 2.24) is 25.1 Å². The van der Waals surface area contributed by atoms with Crippen molar-refractivity contribution in [2.45, 2.75) is 69.4 Å². The summed E-state index contributed by atoms with van der Waals surface area (Å²) in [6.07, 6.45) is 8.27. The van der Waals surface area contributed by atoms with Crippen molar-refractivity contribution in [3.8, 4) is 0 Å². The maximum Gasteiger partial charge on any atom is 0.228 e. The van der Waals surface area contributed by atoms with E-state index in [-0.39, 0.29) is 11.8 Å². The molecule has 2 aromatic heterocycles. The van der Waals surface area contributed by atoms with E-state index in [0.29, 0.717) is 18.4 Å². The van der Waals surface area contributed by atoms with Crippen molar-refractivity contribution < 1.29 is 4.79 Å². The van der Waals surface area contributed by atoms with E-state index in [4.69, 9.17) is 0 Å². The second kappa shape index (κ2) is 11.5. The number of nitrogens with zero attached hydrogens (tertiary/aromatic N) is 4. The van der Waals surface area contributed by atoms with Gasteiger partial charge in [0.15, 0.2) is 11.0 Å². The molecular weight excluding hydrogens is 430 g/mol. The highest BCUT2D eigenvalue weighted by Gasteiger charge is 2.32. The van der Waals surface area contributed by atoms with E-state index in [1.54, 1.807) is 11.8 Å². The topological polar surface area (TPSA) is 72.7 Å². The molecular formula is C26H33N5OS. The first-order valence-electron chi connectivity index (χ1n) is 11.9. The Morgan fingerprint density at radius 3 is 2.52 bits per heavy atom. The molecule has 4 rings (SSSR count). The monoisotopic (exact) mass is 463 g/mol. The minimum Gasteiger partial charge on any atom is -0.348 e. The second-order valence-corrected chi connectivity index (χ2v) is 10.1. The maximum absolute atomic E-state index is 13.4. The van der Waals surface area contributed by atoms with Crippen molar-refractivity contribution in [2.24, 2.45) is 11.8 Å². The summed E-state index contributed by atoms with van der Waals surface area (Å²) in [7, 11) is 0. The minimum absolute atomic E-state index is 0.0955. The van der Waals surface area contributed by atoms with Crippen LogP contribution in [0.2, 0.25) is 0 Å². The fourth-order valence-electron chi connectivity index (χ4n) is 4.60. The first-order chi connectivity index (χ1) is 16.1. The smallest absolute Gasteiger partial charge is 0.228 e. The molecule has 1 unspecified atom stereocenters. The minimum atomic E-state index is -0.101. The molecule has 1 N–H and O–H groups in total. The lowest BCUT2D eigenvalue weighted by molar-refractivity contribution is -0.124. The summed E-state index contributed by atoms with van der Waals surface area (Å²) < 4.78 is 2.16. The van der Waals surface area contributed by atoms with Crippen LogP contribution >= 0.6 is 11.8 Å². The first-order valence-corrected chi connectivity index (χ1v) is 12.9. The quantitative estimate of drug-likeness (QED) is 0.418. The molecule has 0 spiro atoms. The van der Waals surface area contributed by atoms with Gasteiger partial charge in [-0.05, 0) is 47.9 Å². The summed E-state index contributed by atoms with van der Waals surface area (Å²) in [6, 6.07) is 14.3. The molecule has 0 radical (unpaired) electrons. The van der Waals surface area contributed by atoms with Crippen LogP contribution in [-0.4, -0.2) is 25.7 Å². The van der Waals surface area contributed by atoms with Gasteiger partial charge in [-0.2, -0.15) is 0 Å². The summed E-state index contributed by atoms with van der Waals surface area (Å²) in [4.78, 5) is 17.5. The fraction of sp³-hybridized carbons (Fsp3) is 0.462. The number of hydrogen-bond acceptors (Lipinski definition) is 5. The fourth-order valence-corrected chi connectivity index (χ4v) is 5.52. The number of thioether (sulfide) groups is 1. The molecule has 6 nitrogen and oxygen atoms in total. The molecule has 1 aliphatic carbocycles. The summed E-state index contributed by atoms with van der Waals surface area (Å²) in [6.45, 7) is 5.59. The third-order valence-electron chi connectivity index (χ3n) is 6.19. The average Bonchev–Trinajstić information content (AvgIpc) is 3.48. The van der Waals surface area contributed by atoms with Crippen LogP contribution < -0.4 is 5.32 Å². The van der Waals surface area contributed by atoms with Crippen LogP contribution in [0.5, 0.6) is 0 Å². The van der Waals surface area contributed by atoms with Crippen LogP contribution in [0.25, 0.3) is 0 Å². The molecule has 1 amide bonds. The van der Waals surface area contributed by atoms with E-state index in [0.717, 1.165) is 41.7 Å². The third-order valence-corrected chi connectivity index (χ3v) is 7.23. The Morgan fingerprint density at radius 1 is 1.09 bits per heavy atom. The molecule has 1 fully saturated rings. The van der Waals surface area contributed by atoms with Gasteiger partial charge >= 0.3 is 0 Å². The molecule has 0 saturated heterocycles. The van der Waals surface area contributed by atoms with Crippen LogP contribution in [0, 0.1) is 11.8 Å². The predicted molar refractivity (Wildman–Crippen MR) is 132 cm³/mol. The number of pyridine rings is 1. The molecule has 0 bridgehead atoms. The molecule has 3 aromatic rings. The van der Waals surface area contributed by atoms with Crippen molar-refractivity contribution in [1.29, 1.82) is 0 Å². The Kier molecular flexibility index (Phi) is 8.15. The van der Waals surface area contributed by atoms with Crippen LogP contribution in [0.4, 0.5) is 0 Å². The van der Waals surface area contributed by atoms with Crippen molar-refractivity contribution in [3.05, 3.63) is 71.8 Å². The Labute approximate surface area is 200 Å². The van der Waals surface area contributed by atoms with E-state index < -0.39 is 0 Å². The van der Waals surface area contributed by atoms with Gasteiger partial charge in [0.2, 0.25) is 5.91 Å². The SMILES string of the molecule is CC(C)Cn1c(CNC(=O)C(c2ccccc2)C2CCCC2)nnc1SCc1ccncc1. The van der Waals surface area contributed by atoms with E-state index in [1.807, 2.05) is 42.7 Å². The van der Waals surface area contributed by atoms with Gasteiger partial charge in [0, 0.05) is 24.7 Å².